The van der Waals surface area contributed by atoms with Crippen LogP contribution in [0.15, 0.2) is 6.20 Å². The summed E-state index contributed by atoms with van der Waals surface area (Å²) < 4.78 is 1.94. The SMILES string of the molecule is CC(C)N1CCC(NCc2cn(C(C)(C)C)nn2)CC1. The highest BCUT2D eigenvalue weighted by molar-refractivity contribution is 4.95. The number of nitrogens with zero attached hydrogens (tertiary/aromatic N) is 4. The van der Waals surface area contributed by atoms with Crippen LogP contribution < -0.4 is 5.32 Å². The van der Waals surface area contributed by atoms with Gasteiger partial charge in [0.1, 0.15) is 0 Å². The lowest BCUT2D eigenvalue weighted by molar-refractivity contribution is 0.160. The predicted molar refractivity (Wildman–Crippen MR) is 81.6 cm³/mol. The van der Waals surface area contributed by atoms with Crippen LogP contribution in [-0.2, 0) is 12.1 Å². The molecule has 5 nitrogen and oxygen atoms in total. The van der Waals surface area contributed by atoms with Gasteiger partial charge >= 0.3 is 0 Å². The minimum atomic E-state index is 0.00779. The van der Waals surface area contributed by atoms with E-state index < -0.39 is 0 Å². The summed E-state index contributed by atoms with van der Waals surface area (Å²) >= 11 is 0. The Bertz CT molecular complexity index is 410. The highest BCUT2D eigenvalue weighted by Gasteiger charge is 2.21. The molecule has 1 saturated heterocycles. The standard InChI is InChI=1S/C15H29N5/c1-12(2)19-8-6-13(7-9-19)16-10-14-11-20(18-17-14)15(3,4)5/h11-13,16H,6-10H2,1-5H3. The minimum Gasteiger partial charge on any atom is -0.308 e. The minimum absolute atomic E-state index is 0.00779. The van der Waals surface area contributed by atoms with Gasteiger partial charge in [-0.15, -0.1) is 5.10 Å². The van der Waals surface area contributed by atoms with Crippen molar-refractivity contribution in [1.29, 1.82) is 0 Å². The fraction of sp³-hybridized carbons (Fsp3) is 0.867. The number of likely N-dealkylation sites (tertiary alicyclic amines) is 1. The molecular weight excluding hydrogens is 250 g/mol. The van der Waals surface area contributed by atoms with Gasteiger partial charge in [0.15, 0.2) is 0 Å². The molecule has 0 spiro atoms. The fourth-order valence-electron chi connectivity index (χ4n) is 2.58. The molecule has 1 aromatic rings. The predicted octanol–water partition coefficient (Wildman–Crippen LogP) is 2.00. The molecule has 20 heavy (non-hydrogen) atoms. The van der Waals surface area contributed by atoms with Gasteiger partial charge in [0.2, 0.25) is 0 Å². The Kier molecular flexibility index (Phi) is 4.81. The Morgan fingerprint density at radius 2 is 1.95 bits per heavy atom. The number of hydrogen-bond acceptors (Lipinski definition) is 4. The lowest BCUT2D eigenvalue weighted by Crippen LogP contribution is -2.44. The van der Waals surface area contributed by atoms with Crippen LogP contribution in [0.4, 0.5) is 0 Å². The molecule has 1 aliphatic heterocycles. The first-order valence-electron chi connectivity index (χ1n) is 7.75. The summed E-state index contributed by atoms with van der Waals surface area (Å²) in [7, 11) is 0. The van der Waals surface area contributed by atoms with E-state index in [1.165, 1.54) is 25.9 Å². The summed E-state index contributed by atoms with van der Waals surface area (Å²) in [5.74, 6) is 0. The quantitative estimate of drug-likeness (QED) is 0.915. The first kappa shape index (κ1) is 15.4. The zero-order chi connectivity index (χ0) is 14.8. The van der Waals surface area contributed by atoms with Crippen LogP contribution in [-0.4, -0.2) is 45.1 Å². The molecule has 1 N–H and O–H groups in total. The molecule has 1 aromatic heterocycles. The fourth-order valence-corrected chi connectivity index (χ4v) is 2.58. The van der Waals surface area contributed by atoms with Crippen LogP contribution in [0, 0.1) is 0 Å². The van der Waals surface area contributed by atoms with Gasteiger partial charge in [-0.05, 0) is 60.5 Å². The van der Waals surface area contributed by atoms with Gasteiger partial charge in [-0.1, -0.05) is 5.21 Å². The summed E-state index contributed by atoms with van der Waals surface area (Å²) in [6.45, 7) is 14.2. The highest BCUT2D eigenvalue weighted by atomic mass is 15.4. The molecule has 0 amide bonds. The Hall–Kier alpha value is -0.940. The number of rotatable bonds is 4. The van der Waals surface area contributed by atoms with Gasteiger partial charge in [0, 0.05) is 18.6 Å². The van der Waals surface area contributed by atoms with Gasteiger partial charge in [0.25, 0.3) is 0 Å². The van der Waals surface area contributed by atoms with Gasteiger partial charge in [-0.3, -0.25) is 0 Å². The summed E-state index contributed by atoms with van der Waals surface area (Å²) in [6.07, 6.45) is 4.51. The molecule has 2 heterocycles. The zero-order valence-corrected chi connectivity index (χ0v) is 13.6. The van der Waals surface area contributed by atoms with Crippen molar-refractivity contribution >= 4 is 0 Å². The third-order valence-electron chi connectivity index (χ3n) is 4.06. The lowest BCUT2D eigenvalue weighted by Gasteiger charge is -2.34. The van der Waals surface area contributed by atoms with E-state index in [2.05, 4.69) is 61.3 Å². The Labute approximate surface area is 122 Å². The van der Waals surface area contributed by atoms with Crippen molar-refractivity contribution in [1.82, 2.24) is 25.2 Å². The molecule has 1 aliphatic rings. The Morgan fingerprint density at radius 1 is 1.30 bits per heavy atom. The van der Waals surface area contributed by atoms with E-state index in [1.54, 1.807) is 0 Å². The Morgan fingerprint density at radius 3 is 2.45 bits per heavy atom. The van der Waals surface area contributed by atoms with Gasteiger partial charge in [-0.2, -0.15) is 0 Å². The smallest absolute Gasteiger partial charge is 0.0965 e. The second-order valence-corrected chi connectivity index (χ2v) is 7.11. The molecule has 5 heteroatoms. The van der Waals surface area contributed by atoms with Crippen molar-refractivity contribution in [2.45, 2.75) is 71.6 Å². The van der Waals surface area contributed by atoms with E-state index in [4.69, 9.17) is 0 Å². The molecule has 2 rings (SSSR count). The largest absolute Gasteiger partial charge is 0.308 e. The summed E-state index contributed by atoms with van der Waals surface area (Å²) in [5, 5.41) is 12.1. The third-order valence-corrected chi connectivity index (χ3v) is 4.06. The van der Waals surface area contributed by atoms with Crippen LogP contribution in [0.3, 0.4) is 0 Å². The summed E-state index contributed by atoms with van der Waals surface area (Å²) in [5.41, 5.74) is 1.04. The van der Waals surface area contributed by atoms with Crippen molar-refractivity contribution in [3.8, 4) is 0 Å². The van der Waals surface area contributed by atoms with Gasteiger partial charge in [-0.25, -0.2) is 4.68 Å². The second kappa shape index (κ2) is 6.22. The monoisotopic (exact) mass is 279 g/mol. The lowest BCUT2D eigenvalue weighted by atomic mass is 10.0. The molecular formula is C15H29N5. The number of hydrogen-bond donors (Lipinski definition) is 1. The van der Waals surface area contributed by atoms with Gasteiger partial charge < -0.3 is 10.2 Å². The van der Waals surface area contributed by atoms with Crippen LogP contribution in [0.2, 0.25) is 0 Å². The maximum atomic E-state index is 4.25. The average Bonchev–Trinajstić information content (AvgIpc) is 2.85. The van der Waals surface area contributed by atoms with Crippen LogP contribution in [0.1, 0.15) is 53.2 Å². The first-order chi connectivity index (χ1) is 9.36. The molecule has 1 fully saturated rings. The average molecular weight is 279 g/mol. The third kappa shape index (κ3) is 4.03. The molecule has 0 aromatic carbocycles. The molecule has 114 valence electrons. The van der Waals surface area contributed by atoms with Gasteiger partial charge in [0.05, 0.1) is 17.4 Å². The molecule has 0 unspecified atom stereocenters. The van der Waals surface area contributed by atoms with E-state index in [-0.39, 0.29) is 5.54 Å². The second-order valence-electron chi connectivity index (χ2n) is 7.11. The van der Waals surface area contributed by atoms with Crippen LogP contribution >= 0.6 is 0 Å². The van der Waals surface area contributed by atoms with Crippen molar-refractivity contribution in [2.75, 3.05) is 13.1 Å². The summed E-state index contributed by atoms with van der Waals surface area (Å²) in [6, 6.07) is 1.28. The molecule has 0 bridgehead atoms. The topological polar surface area (TPSA) is 46.0 Å². The van der Waals surface area contributed by atoms with Crippen LogP contribution in [0.5, 0.6) is 0 Å². The maximum Gasteiger partial charge on any atom is 0.0965 e. The molecule has 0 aliphatic carbocycles. The van der Waals surface area contributed by atoms with Crippen molar-refractivity contribution in [3.63, 3.8) is 0 Å². The first-order valence-corrected chi connectivity index (χ1v) is 7.75. The van der Waals surface area contributed by atoms with E-state index in [0.717, 1.165) is 12.2 Å². The van der Waals surface area contributed by atoms with Crippen molar-refractivity contribution in [3.05, 3.63) is 11.9 Å². The number of aromatic nitrogens is 3. The van der Waals surface area contributed by atoms with Crippen LogP contribution in [0.25, 0.3) is 0 Å². The van der Waals surface area contributed by atoms with E-state index in [1.807, 2.05) is 4.68 Å². The number of nitrogens with one attached hydrogen (secondary N) is 1. The Balaban J connectivity index is 1.78. The normalized spacial score (nSPS) is 18.9. The van der Waals surface area contributed by atoms with Crippen molar-refractivity contribution < 1.29 is 0 Å². The van der Waals surface area contributed by atoms with E-state index >= 15 is 0 Å². The highest BCUT2D eigenvalue weighted by Crippen LogP contribution is 2.14. The van der Waals surface area contributed by atoms with E-state index in [9.17, 15) is 0 Å². The number of piperidine rings is 1. The molecule has 0 saturated carbocycles. The van der Waals surface area contributed by atoms with Crippen molar-refractivity contribution in [2.24, 2.45) is 0 Å². The summed E-state index contributed by atoms with van der Waals surface area (Å²) in [4.78, 5) is 2.55. The molecule has 0 atom stereocenters. The molecule has 0 radical (unpaired) electrons. The maximum absolute atomic E-state index is 4.25. The zero-order valence-electron chi connectivity index (χ0n) is 13.6. The van der Waals surface area contributed by atoms with E-state index in [0.29, 0.717) is 12.1 Å².